The Balaban J connectivity index is 1.83. The number of aromatic nitrogens is 2. The molecule has 3 aromatic rings. The van der Waals surface area contributed by atoms with Crippen LogP contribution < -0.4 is 16.3 Å². The van der Waals surface area contributed by atoms with Crippen molar-refractivity contribution < 1.29 is 9.59 Å². The molecule has 0 radical (unpaired) electrons. The maximum absolute atomic E-state index is 12.7. The molecule has 8 heteroatoms. The highest BCUT2D eigenvalue weighted by atomic mass is 16.2. The summed E-state index contributed by atoms with van der Waals surface area (Å²) in [6, 6.07) is 13.7. The maximum Gasteiger partial charge on any atom is 0.292 e. The third-order valence-electron chi connectivity index (χ3n) is 4.14. The number of hydrogen-bond donors (Lipinski definition) is 2. The predicted molar refractivity (Wildman–Crippen MR) is 112 cm³/mol. The van der Waals surface area contributed by atoms with Crippen LogP contribution in [0.15, 0.2) is 58.4 Å². The Morgan fingerprint density at radius 3 is 2.34 bits per heavy atom. The van der Waals surface area contributed by atoms with E-state index in [4.69, 9.17) is 0 Å². The largest absolute Gasteiger partial charge is 0.326 e. The van der Waals surface area contributed by atoms with E-state index in [1.807, 2.05) is 13.8 Å². The summed E-state index contributed by atoms with van der Waals surface area (Å²) < 4.78 is 1.29. The molecule has 2 N–H and O–H groups in total. The van der Waals surface area contributed by atoms with Crippen LogP contribution in [-0.2, 0) is 4.79 Å². The fourth-order valence-electron chi connectivity index (χ4n) is 2.80. The van der Waals surface area contributed by atoms with Crippen molar-refractivity contribution in [3.05, 3.63) is 70.1 Å². The van der Waals surface area contributed by atoms with Crippen LogP contribution in [0.5, 0.6) is 0 Å². The molecular weight excluding hydrogens is 370 g/mol. The standard InChI is InChI=1S/C21H21N5O3/c1-13(2)26-21(29)18-7-5-4-6-17(18)19(25-26)20(28)24-22-12-15-8-10-16(11-9-15)23-14(3)27/h4-13H,1-3H3,(H,23,27)(H,24,28)/b22-12-. The Morgan fingerprint density at radius 1 is 1.07 bits per heavy atom. The molecule has 0 atom stereocenters. The SMILES string of the molecule is CC(=O)Nc1ccc(/C=N\NC(=O)c2nn(C(C)C)c(=O)c3ccccc23)cc1. The molecule has 8 nitrogen and oxygen atoms in total. The number of rotatable bonds is 5. The Labute approximate surface area is 167 Å². The van der Waals surface area contributed by atoms with Gasteiger partial charge in [-0.05, 0) is 37.6 Å². The lowest BCUT2D eigenvalue weighted by atomic mass is 10.1. The van der Waals surface area contributed by atoms with Crippen molar-refractivity contribution in [3.63, 3.8) is 0 Å². The fourth-order valence-corrected chi connectivity index (χ4v) is 2.80. The van der Waals surface area contributed by atoms with Crippen LogP contribution in [0.1, 0.15) is 42.9 Å². The Hall–Kier alpha value is -3.81. The minimum Gasteiger partial charge on any atom is -0.326 e. The summed E-state index contributed by atoms with van der Waals surface area (Å²) in [5.41, 5.74) is 3.76. The van der Waals surface area contributed by atoms with Gasteiger partial charge in [-0.1, -0.05) is 30.3 Å². The summed E-state index contributed by atoms with van der Waals surface area (Å²) in [6.45, 7) is 5.09. The van der Waals surface area contributed by atoms with Crippen molar-refractivity contribution in [2.75, 3.05) is 5.32 Å². The third-order valence-corrected chi connectivity index (χ3v) is 4.14. The molecule has 29 heavy (non-hydrogen) atoms. The van der Waals surface area contributed by atoms with E-state index in [1.54, 1.807) is 48.5 Å². The fraction of sp³-hybridized carbons (Fsp3) is 0.190. The second kappa shape index (κ2) is 8.47. The predicted octanol–water partition coefficient (Wildman–Crippen LogP) is 2.70. The van der Waals surface area contributed by atoms with Crippen molar-refractivity contribution in [2.24, 2.45) is 5.10 Å². The number of nitrogens with one attached hydrogen (secondary N) is 2. The molecule has 1 heterocycles. The monoisotopic (exact) mass is 391 g/mol. The van der Waals surface area contributed by atoms with Crippen LogP contribution in [0.2, 0.25) is 0 Å². The molecule has 0 bridgehead atoms. The van der Waals surface area contributed by atoms with E-state index in [2.05, 4.69) is 20.9 Å². The highest BCUT2D eigenvalue weighted by Gasteiger charge is 2.17. The number of hydrogen-bond acceptors (Lipinski definition) is 5. The molecule has 0 aliphatic heterocycles. The summed E-state index contributed by atoms with van der Waals surface area (Å²) in [6.07, 6.45) is 1.48. The van der Waals surface area contributed by atoms with Gasteiger partial charge in [0.15, 0.2) is 5.69 Å². The number of fused-ring (bicyclic) bond motifs is 1. The van der Waals surface area contributed by atoms with E-state index >= 15 is 0 Å². The van der Waals surface area contributed by atoms with E-state index in [-0.39, 0.29) is 23.2 Å². The summed E-state index contributed by atoms with van der Waals surface area (Å²) >= 11 is 0. The number of hydrazone groups is 1. The zero-order valence-electron chi connectivity index (χ0n) is 16.3. The molecule has 0 spiro atoms. The van der Waals surface area contributed by atoms with Gasteiger partial charge in [0.1, 0.15) is 0 Å². The Bertz CT molecular complexity index is 1150. The summed E-state index contributed by atoms with van der Waals surface area (Å²) in [5.74, 6) is -0.664. The molecule has 2 aromatic carbocycles. The van der Waals surface area contributed by atoms with E-state index in [1.165, 1.54) is 17.8 Å². The maximum atomic E-state index is 12.7. The van der Waals surface area contributed by atoms with Gasteiger partial charge in [-0.3, -0.25) is 14.4 Å². The minimum absolute atomic E-state index is 0.132. The van der Waals surface area contributed by atoms with Crippen molar-refractivity contribution in [3.8, 4) is 0 Å². The lowest BCUT2D eigenvalue weighted by molar-refractivity contribution is -0.114. The average Bonchev–Trinajstić information content (AvgIpc) is 2.69. The lowest BCUT2D eigenvalue weighted by Gasteiger charge is -2.12. The molecule has 0 saturated carbocycles. The summed E-state index contributed by atoms with van der Waals surface area (Å²) in [4.78, 5) is 36.3. The number of carbonyl (C=O) groups excluding carboxylic acids is 2. The number of amides is 2. The van der Waals surface area contributed by atoms with Crippen LogP contribution in [-0.4, -0.2) is 27.8 Å². The molecule has 0 aliphatic rings. The molecule has 0 aliphatic carbocycles. The number of anilines is 1. The zero-order chi connectivity index (χ0) is 21.0. The number of benzene rings is 2. The van der Waals surface area contributed by atoms with Gasteiger partial charge in [0.2, 0.25) is 5.91 Å². The van der Waals surface area contributed by atoms with Gasteiger partial charge in [0.05, 0.1) is 17.6 Å². The van der Waals surface area contributed by atoms with Crippen molar-refractivity contribution >= 4 is 34.5 Å². The number of nitrogens with zero attached hydrogens (tertiary/aromatic N) is 3. The summed E-state index contributed by atoms with van der Waals surface area (Å²) in [5, 5.41) is 11.8. The molecular formula is C21H21N5O3. The highest BCUT2D eigenvalue weighted by molar-refractivity contribution is 6.05. The quantitative estimate of drug-likeness (QED) is 0.515. The van der Waals surface area contributed by atoms with Crippen LogP contribution in [0.25, 0.3) is 10.8 Å². The van der Waals surface area contributed by atoms with E-state index in [9.17, 15) is 14.4 Å². The topological polar surface area (TPSA) is 105 Å². The average molecular weight is 391 g/mol. The molecule has 3 rings (SSSR count). The zero-order valence-corrected chi connectivity index (χ0v) is 16.3. The minimum atomic E-state index is -0.512. The van der Waals surface area contributed by atoms with Gasteiger partial charge < -0.3 is 5.32 Å². The molecule has 2 amide bonds. The first kappa shape index (κ1) is 19.9. The van der Waals surface area contributed by atoms with Crippen molar-refractivity contribution in [2.45, 2.75) is 26.8 Å². The molecule has 0 unspecified atom stereocenters. The first-order valence-corrected chi connectivity index (χ1v) is 9.09. The van der Waals surface area contributed by atoms with E-state index in [0.717, 1.165) is 5.56 Å². The summed E-state index contributed by atoms with van der Waals surface area (Å²) in [7, 11) is 0. The normalized spacial score (nSPS) is 11.2. The smallest absolute Gasteiger partial charge is 0.292 e. The van der Waals surface area contributed by atoms with Crippen LogP contribution in [0.3, 0.4) is 0 Å². The highest BCUT2D eigenvalue weighted by Crippen LogP contribution is 2.15. The van der Waals surface area contributed by atoms with Gasteiger partial charge in [0.25, 0.3) is 11.5 Å². The number of carbonyl (C=O) groups is 2. The van der Waals surface area contributed by atoms with E-state index in [0.29, 0.717) is 16.5 Å². The Morgan fingerprint density at radius 2 is 1.72 bits per heavy atom. The molecule has 1 aromatic heterocycles. The first-order chi connectivity index (χ1) is 13.9. The van der Waals surface area contributed by atoms with Gasteiger partial charge in [-0.25, -0.2) is 10.1 Å². The van der Waals surface area contributed by atoms with Crippen molar-refractivity contribution in [1.29, 1.82) is 0 Å². The molecule has 0 fully saturated rings. The first-order valence-electron chi connectivity index (χ1n) is 9.09. The second-order valence-corrected chi connectivity index (χ2v) is 6.74. The second-order valence-electron chi connectivity index (χ2n) is 6.74. The lowest BCUT2D eigenvalue weighted by Crippen LogP contribution is -2.30. The van der Waals surface area contributed by atoms with Gasteiger partial charge in [0, 0.05) is 18.0 Å². The van der Waals surface area contributed by atoms with Crippen LogP contribution >= 0.6 is 0 Å². The van der Waals surface area contributed by atoms with E-state index < -0.39 is 5.91 Å². The molecule has 148 valence electrons. The Kier molecular flexibility index (Phi) is 5.82. The van der Waals surface area contributed by atoms with Gasteiger partial charge >= 0.3 is 0 Å². The third kappa shape index (κ3) is 4.55. The molecule has 0 saturated heterocycles. The van der Waals surface area contributed by atoms with Crippen LogP contribution in [0, 0.1) is 0 Å². The van der Waals surface area contributed by atoms with Crippen LogP contribution in [0.4, 0.5) is 5.69 Å². The van der Waals surface area contributed by atoms with Crippen molar-refractivity contribution in [1.82, 2.24) is 15.2 Å². The van der Waals surface area contributed by atoms with Gasteiger partial charge in [-0.2, -0.15) is 10.2 Å². The van der Waals surface area contributed by atoms with Gasteiger partial charge in [-0.15, -0.1) is 0 Å².